The third-order valence-electron chi connectivity index (χ3n) is 5.69. The number of benzene rings is 2. The summed E-state index contributed by atoms with van der Waals surface area (Å²) >= 11 is 6.35. The number of halogens is 3. The summed E-state index contributed by atoms with van der Waals surface area (Å²) in [5.74, 6) is -1.53. The summed E-state index contributed by atoms with van der Waals surface area (Å²) in [7, 11) is 0. The Kier molecular flexibility index (Phi) is 7.44. The van der Waals surface area contributed by atoms with E-state index in [0.717, 1.165) is 18.3 Å². The van der Waals surface area contributed by atoms with Crippen molar-refractivity contribution < 1.29 is 28.5 Å². The van der Waals surface area contributed by atoms with E-state index < -0.39 is 35.8 Å². The van der Waals surface area contributed by atoms with Crippen LogP contribution in [0.2, 0.25) is 5.02 Å². The number of hydrogen-bond acceptors (Lipinski definition) is 6. The number of para-hydroxylation sites is 1. The molecule has 3 N–H and O–H groups in total. The summed E-state index contributed by atoms with van der Waals surface area (Å²) in [6.45, 7) is 3.64. The van der Waals surface area contributed by atoms with E-state index >= 15 is 0 Å². The second-order valence-electron chi connectivity index (χ2n) is 9.05. The molecule has 0 aliphatic rings. The standard InChI is InChI=1S/C26H25ClF2N4O4/c1-14-7-22(33-11-16(29)10-30-33)17-5-4-6-23(24(17)31-14)37-13-19-18(8-15(28)9-20(19)27)21(12-34)32-25(35)26(2,3)36/h4-11,21,34,36H,12-13H2,1-3H3,(H,32,35)/t21-/m0/s1. The van der Waals surface area contributed by atoms with Gasteiger partial charge in [-0.3, -0.25) is 4.79 Å². The summed E-state index contributed by atoms with van der Waals surface area (Å²) in [4.78, 5) is 16.9. The number of amides is 1. The number of ether oxygens (including phenoxy) is 1. The monoisotopic (exact) mass is 530 g/mol. The third kappa shape index (κ3) is 5.71. The highest BCUT2D eigenvalue weighted by Gasteiger charge is 2.28. The Balaban J connectivity index is 1.71. The average Bonchev–Trinajstić information content (AvgIpc) is 3.26. The van der Waals surface area contributed by atoms with Crippen molar-refractivity contribution in [3.8, 4) is 11.4 Å². The first-order valence-electron chi connectivity index (χ1n) is 11.3. The zero-order valence-corrected chi connectivity index (χ0v) is 21.1. The van der Waals surface area contributed by atoms with Crippen molar-refractivity contribution in [2.45, 2.75) is 39.0 Å². The Morgan fingerprint density at radius 2 is 2.00 bits per heavy atom. The zero-order chi connectivity index (χ0) is 26.9. The summed E-state index contributed by atoms with van der Waals surface area (Å²) in [6, 6.07) is 8.19. The number of fused-ring (bicyclic) bond motifs is 1. The molecule has 0 fully saturated rings. The van der Waals surface area contributed by atoms with E-state index in [1.165, 1.54) is 24.7 Å². The molecule has 37 heavy (non-hydrogen) atoms. The Bertz CT molecular complexity index is 1470. The fourth-order valence-electron chi connectivity index (χ4n) is 3.86. The van der Waals surface area contributed by atoms with Crippen molar-refractivity contribution >= 4 is 28.4 Å². The number of nitrogens with zero attached hydrogens (tertiary/aromatic N) is 3. The number of carbonyl (C=O) groups excluding carboxylic acids is 1. The maximum atomic E-state index is 14.3. The molecule has 0 spiro atoms. The van der Waals surface area contributed by atoms with E-state index in [1.54, 1.807) is 31.2 Å². The van der Waals surface area contributed by atoms with E-state index in [4.69, 9.17) is 16.3 Å². The minimum atomic E-state index is -1.72. The Morgan fingerprint density at radius 3 is 2.65 bits per heavy atom. The minimum absolute atomic E-state index is 0.0306. The number of aliphatic hydroxyl groups excluding tert-OH is 1. The summed E-state index contributed by atoms with van der Waals surface area (Å²) in [5, 5.41) is 27.2. The lowest BCUT2D eigenvalue weighted by Gasteiger charge is -2.25. The Morgan fingerprint density at radius 1 is 1.24 bits per heavy atom. The van der Waals surface area contributed by atoms with Gasteiger partial charge in [-0.2, -0.15) is 5.10 Å². The molecule has 2 heterocycles. The molecule has 8 nitrogen and oxygen atoms in total. The number of nitrogens with one attached hydrogen (secondary N) is 1. The molecule has 0 radical (unpaired) electrons. The second-order valence-corrected chi connectivity index (χ2v) is 9.46. The Labute approximate surface area is 216 Å². The Hall–Kier alpha value is -3.60. The molecule has 2 aromatic heterocycles. The van der Waals surface area contributed by atoms with Gasteiger partial charge in [0.2, 0.25) is 0 Å². The normalized spacial score (nSPS) is 12.5. The van der Waals surface area contributed by atoms with Crippen LogP contribution in [-0.2, 0) is 11.4 Å². The predicted molar refractivity (Wildman–Crippen MR) is 134 cm³/mol. The molecule has 4 aromatic rings. The molecule has 1 atom stereocenters. The molecule has 4 rings (SSSR count). The van der Waals surface area contributed by atoms with E-state index in [1.807, 2.05) is 0 Å². The number of aliphatic hydroxyl groups is 2. The van der Waals surface area contributed by atoms with Gasteiger partial charge in [-0.1, -0.05) is 23.7 Å². The van der Waals surface area contributed by atoms with Crippen LogP contribution < -0.4 is 10.1 Å². The van der Waals surface area contributed by atoms with E-state index in [9.17, 15) is 23.8 Å². The molecule has 0 saturated heterocycles. The number of pyridine rings is 1. The first-order chi connectivity index (χ1) is 17.5. The van der Waals surface area contributed by atoms with Gasteiger partial charge in [0, 0.05) is 16.6 Å². The molecule has 0 bridgehead atoms. The number of rotatable bonds is 8. The zero-order valence-electron chi connectivity index (χ0n) is 20.3. The van der Waals surface area contributed by atoms with Gasteiger partial charge >= 0.3 is 0 Å². The van der Waals surface area contributed by atoms with Gasteiger partial charge in [0.1, 0.15) is 29.3 Å². The minimum Gasteiger partial charge on any atom is -0.487 e. The van der Waals surface area contributed by atoms with Crippen molar-refractivity contribution in [2.24, 2.45) is 0 Å². The summed E-state index contributed by atoms with van der Waals surface area (Å²) < 4.78 is 35.4. The fraction of sp³-hybridized carbons (Fsp3) is 0.269. The molecule has 0 aliphatic heterocycles. The molecule has 0 aliphatic carbocycles. The third-order valence-corrected chi connectivity index (χ3v) is 6.03. The first kappa shape index (κ1) is 26.5. The predicted octanol–water partition coefficient (Wildman–Crippen LogP) is 4.16. The van der Waals surface area contributed by atoms with Crippen LogP contribution in [0.1, 0.15) is 36.7 Å². The van der Waals surface area contributed by atoms with Crippen molar-refractivity contribution in [1.29, 1.82) is 0 Å². The van der Waals surface area contributed by atoms with Gasteiger partial charge in [0.25, 0.3) is 5.91 Å². The fourth-order valence-corrected chi connectivity index (χ4v) is 4.13. The van der Waals surface area contributed by atoms with Crippen LogP contribution in [0.5, 0.6) is 5.75 Å². The van der Waals surface area contributed by atoms with Crippen molar-refractivity contribution in [2.75, 3.05) is 6.61 Å². The lowest BCUT2D eigenvalue weighted by molar-refractivity contribution is -0.137. The highest BCUT2D eigenvalue weighted by Crippen LogP contribution is 2.32. The number of hydrogen-bond donors (Lipinski definition) is 3. The lowest BCUT2D eigenvalue weighted by Crippen LogP contribution is -2.44. The van der Waals surface area contributed by atoms with Gasteiger partial charge in [0.05, 0.1) is 35.8 Å². The number of aryl methyl sites for hydroxylation is 1. The SMILES string of the molecule is Cc1cc(-n2cc(F)cn2)c2cccc(OCc3c(Cl)cc(F)cc3[C@H](CO)NC(=O)C(C)(C)O)c2n1. The quantitative estimate of drug-likeness (QED) is 0.315. The molecule has 2 aromatic carbocycles. The van der Waals surface area contributed by atoms with Gasteiger partial charge in [-0.25, -0.2) is 18.4 Å². The number of carbonyl (C=O) groups is 1. The molecular formula is C26H25ClF2N4O4. The molecule has 0 unspecified atom stereocenters. The van der Waals surface area contributed by atoms with Crippen LogP contribution in [0.15, 0.2) is 48.8 Å². The maximum absolute atomic E-state index is 14.3. The second kappa shape index (κ2) is 10.4. The number of aromatic nitrogens is 3. The van der Waals surface area contributed by atoms with E-state index in [0.29, 0.717) is 33.6 Å². The van der Waals surface area contributed by atoms with Gasteiger partial charge < -0.3 is 20.3 Å². The van der Waals surface area contributed by atoms with Gasteiger partial charge in [-0.05, 0) is 50.6 Å². The summed E-state index contributed by atoms with van der Waals surface area (Å²) in [6.07, 6.45) is 2.36. The highest BCUT2D eigenvalue weighted by atomic mass is 35.5. The smallest absolute Gasteiger partial charge is 0.251 e. The highest BCUT2D eigenvalue weighted by molar-refractivity contribution is 6.31. The maximum Gasteiger partial charge on any atom is 0.251 e. The molecule has 194 valence electrons. The van der Waals surface area contributed by atoms with E-state index in [-0.39, 0.29) is 17.2 Å². The average molecular weight is 531 g/mol. The molecule has 0 saturated carbocycles. The lowest BCUT2D eigenvalue weighted by atomic mass is 9.99. The van der Waals surface area contributed by atoms with Gasteiger partial charge in [-0.15, -0.1) is 0 Å². The molecule has 1 amide bonds. The van der Waals surface area contributed by atoms with Crippen LogP contribution in [0.4, 0.5) is 8.78 Å². The van der Waals surface area contributed by atoms with Crippen LogP contribution in [0.25, 0.3) is 16.6 Å². The van der Waals surface area contributed by atoms with Crippen LogP contribution in [-0.4, -0.2) is 43.1 Å². The summed E-state index contributed by atoms with van der Waals surface area (Å²) in [5.41, 5.74) is 0.543. The van der Waals surface area contributed by atoms with Gasteiger partial charge in [0.15, 0.2) is 5.82 Å². The largest absolute Gasteiger partial charge is 0.487 e. The topological polar surface area (TPSA) is 110 Å². The van der Waals surface area contributed by atoms with Crippen molar-refractivity contribution in [1.82, 2.24) is 20.1 Å². The van der Waals surface area contributed by atoms with Crippen LogP contribution in [0.3, 0.4) is 0 Å². The van der Waals surface area contributed by atoms with Crippen LogP contribution >= 0.6 is 11.6 Å². The molecular weight excluding hydrogens is 506 g/mol. The molecule has 11 heteroatoms. The first-order valence-corrected chi connectivity index (χ1v) is 11.7. The van der Waals surface area contributed by atoms with Crippen molar-refractivity contribution in [3.63, 3.8) is 0 Å². The van der Waals surface area contributed by atoms with Crippen molar-refractivity contribution in [3.05, 3.63) is 82.3 Å². The van der Waals surface area contributed by atoms with E-state index in [2.05, 4.69) is 15.4 Å². The van der Waals surface area contributed by atoms with Crippen LogP contribution in [0, 0.1) is 18.6 Å².